The van der Waals surface area contributed by atoms with E-state index in [9.17, 15) is 9.00 Å². The van der Waals surface area contributed by atoms with E-state index in [1.54, 1.807) is 0 Å². The van der Waals surface area contributed by atoms with Gasteiger partial charge in [-0.3, -0.25) is 0 Å². The van der Waals surface area contributed by atoms with Gasteiger partial charge in [-0.05, 0) is 12.8 Å². The fourth-order valence-electron chi connectivity index (χ4n) is 1.05. The Kier molecular flexibility index (Phi) is 2.49. The second-order valence-corrected chi connectivity index (χ2v) is 5.08. The maximum absolute atomic E-state index is 11.5. The SMILES string of the molecule is CNC(=O)N=S1(=O)CCCC1. The van der Waals surface area contributed by atoms with Crippen LogP contribution in [-0.4, -0.2) is 28.8 Å². The highest BCUT2D eigenvalue weighted by Gasteiger charge is 2.17. The largest absolute Gasteiger partial charge is 0.348 e. The van der Waals surface area contributed by atoms with Crippen LogP contribution in [0.3, 0.4) is 0 Å². The van der Waals surface area contributed by atoms with Crippen LogP contribution >= 0.6 is 0 Å². The minimum Gasteiger partial charge on any atom is -0.339 e. The molecule has 2 amide bonds. The van der Waals surface area contributed by atoms with Crippen LogP contribution in [0.15, 0.2) is 4.36 Å². The second kappa shape index (κ2) is 3.21. The van der Waals surface area contributed by atoms with E-state index in [1.165, 1.54) is 7.05 Å². The number of nitrogens with zero attached hydrogens (tertiary/aromatic N) is 1. The lowest BCUT2D eigenvalue weighted by Crippen LogP contribution is -2.16. The zero-order chi connectivity index (χ0) is 8.32. The van der Waals surface area contributed by atoms with Gasteiger partial charge in [0.25, 0.3) is 0 Å². The third-order valence-corrected chi connectivity index (χ3v) is 3.99. The van der Waals surface area contributed by atoms with Gasteiger partial charge in [-0.1, -0.05) is 0 Å². The van der Waals surface area contributed by atoms with Gasteiger partial charge in [-0.25, -0.2) is 9.00 Å². The first-order valence-electron chi connectivity index (χ1n) is 3.60. The second-order valence-electron chi connectivity index (χ2n) is 2.53. The Balaban J connectivity index is 2.78. The van der Waals surface area contributed by atoms with Crippen LogP contribution in [0.25, 0.3) is 0 Å². The Hall–Kier alpha value is -0.580. The van der Waals surface area contributed by atoms with Crippen molar-refractivity contribution in [2.24, 2.45) is 4.36 Å². The molecule has 5 heteroatoms. The molecular formula is C6H12N2O2S. The van der Waals surface area contributed by atoms with Crippen molar-refractivity contribution in [3.05, 3.63) is 0 Å². The quantitative estimate of drug-likeness (QED) is 0.587. The Morgan fingerprint density at radius 1 is 1.45 bits per heavy atom. The van der Waals surface area contributed by atoms with E-state index >= 15 is 0 Å². The highest BCUT2D eigenvalue weighted by atomic mass is 32.2. The molecule has 0 unspecified atom stereocenters. The van der Waals surface area contributed by atoms with Gasteiger partial charge < -0.3 is 5.32 Å². The Bertz CT molecular complexity index is 254. The molecule has 0 aromatic carbocycles. The molecule has 0 bridgehead atoms. The van der Waals surface area contributed by atoms with Gasteiger partial charge >= 0.3 is 6.03 Å². The molecule has 1 aliphatic rings. The van der Waals surface area contributed by atoms with Gasteiger partial charge in [-0.2, -0.15) is 0 Å². The van der Waals surface area contributed by atoms with Gasteiger partial charge in [0.15, 0.2) is 0 Å². The van der Waals surface area contributed by atoms with Crippen molar-refractivity contribution < 1.29 is 9.00 Å². The van der Waals surface area contributed by atoms with E-state index in [-0.39, 0.29) is 0 Å². The number of hydrogen-bond acceptors (Lipinski definition) is 2. The van der Waals surface area contributed by atoms with Crippen LogP contribution in [0.5, 0.6) is 0 Å². The summed E-state index contributed by atoms with van der Waals surface area (Å²) in [5.74, 6) is 1.17. The summed E-state index contributed by atoms with van der Waals surface area (Å²) in [6, 6.07) is -0.461. The van der Waals surface area contributed by atoms with Crippen molar-refractivity contribution in [3.63, 3.8) is 0 Å². The number of urea groups is 1. The van der Waals surface area contributed by atoms with Crippen molar-refractivity contribution in [2.45, 2.75) is 12.8 Å². The monoisotopic (exact) mass is 176 g/mol. The molecule has 0 aliphatic carbocycles. The van der Waals surface area contributed by atoms with E-state index in [0.29, 0.717) is 11.5 Å². The minimum absolute atomic E-state index is 0.461. The molecule has 0 atom stereocenters. The van der Waals surface area contributed by atoms with Crippen LogP contribution in [0, 0.1) is 0 Å². The highest BCUT2D eigenvalue weighted by Crippen LogP contribution is 2.12. The van der Waals surface area contributed by atoms with Crippen LogP contribution in [-0.2, 0) is 9.73 Å². The number of carbonyl (C=O) groups excluding carboxylic acids is 1. The lowest BCUT2D eigenvalue weighted by molar-refractivity contribution is 0.251. The van der Waals surface area contributed by atoms with E-state index in [2.05, 4.69) is 9.68 Å². The fraction of sp³-hybridized carbons (Fsp3) is 0.833. The molecule has 1 fully saturated rings. The third kappa shape index (κ3) is 2.18. The molecule has 64 valence electrons. The lowest BCUT2D eigenvalue weighted by Gasteiger charge is -1.97. The maximum Gasteiger partial charge on any atom is 0.348 e. The molecule has 1 heterocycles. The van der Waals surface area contributed by atoms with Gasteiger partial charge in [0.1, 0.15) is 0 Å². The standard InChI is InChI=1S/C6H12N2O2S/c1-7-6(9)8-11(10)4-2-3-5-11/h2-5H2,1H3,(H,7,9). The van der Waals surface area contributed by atoms with Crippen molar-refractivity contribution in [3.8, 4) is 0 Å². The van der Waals surface area contributed by atoms with E-state index in [0.717, 1.165) is 12.8 Å². The van der Waals surface area contributed by atoms with Crippen molar-refractivity contribution in [1.29, 1.82) is 0 Å². The van der Waals surface area contributed by atoms with Gasteiger partial charge in [0.05, 0.1) is 9.73 Å². The number of nitrogens with one attached hydrogen (secondary N) is 1. The fourth-order valence-corrected chi connectivity index (χ4v) is 3.14. The smallest absolute Gasteiger partial charge is 0.339 e. The number of hydrogen-bond donors (Lipinski definition) is 1. The summed E-state index contributed by atoms with van der Waals surface area (Å²) in [4.78, 5) is 10.7. The van der Waals surface area contributed by atoms with Gasteiger partial charge in [0.2, 0.25) is 0 Å². The summed E-state index contributed by atoms with van der Waals surface area (Å²) >= 11 is 0. The zero-order valence-electron chi connectivity index (χ0n) is 6.50. The van der Waals surface area contributed by atoms with Crippen LogP contribution < -0.4 is 5.32 Å². The molecule has 0 radical (unpaired) electrons. The first kappa shape index (κ1) is 8.52. The molecule has 0 aromatic rings. The highest BCUT2D eigenvalue weighted by molar-refractivity contribution is 7.94. The maximum atomic E-state index is 11.5. The number of amides is 2. The van der Waals surface area contributed by atoms with E-state index in [4.69, 9.17) is 0 Å². The Morgan fingerprint density at radius 2 is 2.00 bits per heavy atom. The summed E-state index contributed by atoms with van der Waals surface area (Å²) in [5.41, 5.74) is 0. The molecule has 11 heavy (non-hydrogen) atoms. The summed E-state index contributed by atoms with van der Waals surface area (Å²) in [5, 5.41) is 2.33. The van der Waals surface area contributed by atoms with E-state index < -0.39 is 15.8 Å². The van der Waals surface area contributed by atoms with Gasteiger partial charge in [-0.15, -0.1) is 4.36 Å². The molecule has 0 saturated carbocycles. The first-order chi connectivity index (χ1) is 5.16. The molecule has 1 rings (SSSR count). The molecule has 0 aromatic heterocycles. The Morgan fingerprint density at radius 3 is 2.45 bits per heavy atom. The molecular weight excluding hydrogens is 164 g/mol. The van der Waals surface area contributed by atoms with Crippen molar-refractivity contribution in [2.75, 3.05) is 18.6 Å². The number of carbonyl (C=O) groups is 1. The summed E-state index contributed by atoms with van der Waals surface area (Å²) in [6.07, 6.45) is 1.86. The predicted octanol–water partition coefficient (Wildman–Crippen LogP) is 0.588. The third-order valence-electron chi connectivity index (χ3n) is 1.64. The lowest BCUT2D eigenvalue weighted by atomic mass is 10.4. The van der Waals surface area contributed by atoms with Crippen molar-refractivity contribution in [1.82, 2.24) is 5.32 Å². The average Bonchev–Trinajstić information content (AvgIpc) is 2.36. The minimum atomic E-state index is -2.15. The average molecular weight is 176 g/mol. The van der Waals surface area contributed by atoms with Crippen LogP contribution in [0.2, 0.25) is 0 Å². The Labute approximate surface area is 66.5 Å². The van der Waals surface area contributed by atoms with E-state index in [1.807, 2.05) is 0 Å². The summed E-state index contributed by atoms with van der Waals surface area (Å²) in [6.45, 7) is 0. The van der Waals surface area contributed by atoms with Crippen LogP contribution in [0.4, 0.5) is 4.79 Å². The number of rotatable bonds is 0. The van der Waals surface area contributed by atoms with Crippen molar-refractivity contribution >= 4 is 15.8 Å². The topological polar surface area (TPSA) is 58.5 Å². The molecule has 1 saturated heterocycles. The van der Waals surface area contributed by atoms with Gasteiger partial charge in [0, 0.05) is 18.6 Å². The summed E-state index contributed by atoms with van der Waals surface area (Å²) < 4.78 is 15.1. The first-order valence-corrected chi connectivity index (χ1v) is 5.46. The van der Waals surface area contributed by atoms with Crippen LogP contribution in [0.1, 0.15) is 12.8 Å². The molecule has 4 nitrogen and oxygen atoms in total. The predicted molar refractivity (Wildman–Crippen MR) is 44.0 cm³/mol. The normalized spacial score (nSPS) is 21.2. The molecule has 1 aliphatic heterocycles. The molecule has 0 spiro atoms. The zero-order valence-corrected chi connectivity index (χ0v) is 7.32. The molecule has 1 N–H and O–H groups in total. The summed E-state index contributed by atoms with van der Waals surface area (Å²) in [7, 11) is -0.662.